The minimum atomic E-state index is 0. The van der Waals surface area contributed by atoms with Crippen LogP contribution in [0.2, 0.25) is 0 Å². The molecule has 0 bridgehead atoms. The van der Waals surface area contributed by atoms with E-state index in [9.17, 15) is 0 Å². The zero-order chi connectivity index (χ0) is 4.50. The summed E-state index contributed by atoms with van der Waals surface area (Å²) in [4.78, 5) is 0. The minimum Gasteiger partial charge on any atom is -1.00 e. The van der Waals surface area contributed by atoms with Gasteiger partial charge in [0.1, 0.15) is 0 Å². The fourth-order valence-electron chi connectivity index (χ4n) is 0. The van der Waals surface area contributed by atoms with Crippen LogP contribution in [0.4, 0.5) is 0 Å². The van der Waals surface area contributed by atoms with E-state index in [0.717, 1.165) is 0 Å². The molecule has 0 aromatic heterocycles. The second-order valence-corrected chi connectivity index (χ2v) is 3.14. The molecule has 0 saturated carbocycles. The van der Waals surface area contributed by atoms with Gasteiger partial charge in [0.25, 0.3) is 0 Å². The van der Waals surface area contributed by atoms with Gasteiger partial charge >= 0.3 is 0 Å². The molecule has 0 fully saturated rings. The van der Waals surface area contributed by atoms with Gasteiger partial charge in [-0.2, -0.15) is 0 Å². The first-order chi connectivity index (χ1) is 2.00. The Morgan fingerprint density at radius 2 is 1.17 bits per heavy atom. The standard InChI is InChI=1S/C3H10NS.BrH/c1-4(2,3)5;/h5H,1-3H3;1H/q+1;/p-1. The predicted molar refractivity (Wildman–Crippen MR) is 27.0 cm³/mol. The van der Waals surface area contributed by atoms with Gasteiger partial charge in [-0.05, 0) is 0 Å². The van der Waals surface area contributed by atoms with Gasteiger partial charge in [-0.15, -0.1) is 0 Å². The Balaban J connectivity index is 0. The van der Waals surface area contributed by atoms with Crippen molar-refractivity contribution >= 4 is 12.8 Å². The zero-order valence-electron chi connectivity index (χ0n) is 4.27. The van der Waals surface area contributed by atoms with Crippen molar-refractivity contribution in [3.63, 3.8) is 0 Å². The fraction of sp³-hybridized carbons (Fsp3) is 1.00. The Morgan fingerprint density at radius 1 is 1.17 bits per heavy atom. The number of thiol groups is 1. The number of halogens is 1. The number of quaternary nitrogens is 1. The molecular weight excluding hydrogens is 162 g/mol. The molecule has 0 N–H and O–H groups in total. The van der Waals surface area contributed by atoms with Crippen LogP contribution in [0.1, 0.15) is 0 Å². The van der Waals surface area contributed by atoms with Crippen molar-refractivity contribution in [2.75, 3.05) is 21.1 Å². The van der Waals surface area contributed by atoms with Gasteiger partial charge in [-0.3, -0.25) is 3.89 Å². The monoisotopic (exact) mass is 171 g/mol. The third-order valence-corrected chi connectivity index (χ3v) is 0. The van der Waals surface area contributed by atoms with Gasteiger partial charge in [-0.1, -0.05) is 0 Å². The van der Waals surface area contributed by atoms with Crippen LogP contribution in [-0.4, -0.2) is 25.0 Å². The molecule has 3 heteroatoms. The molecule has 0 radical (unpaired) electrons. The molecule has 0 aromatic carbocycles. The van der Waals surface area contributed by atoms with Crippen molar-refractivity contribution in [1.82, 2.24) is 0 Å². The molecule has 0 aliphatic carbocycles. The van der Waals surface area contributed by atoms with Crippen molar-refractivity contribution in [2.45, 2.75) is 0 Å². The maximum absolute atomic E-state index is 4.06. The number of hydrogen-bond acceptors (Lipinski definition) is 1. The van der Waals surface area contributed by atoms with Crippen LogP contribution in [0.25, 0.3) is 0 Å². The zero-order valence-corrected chi connectivity index (χ0v) is 6.75. The van der Waals surface area contributed by atoms with Crippen LogP contribution in [0.3, 0.4) is 0 Å². The molecule has 0 aliphatic rings. The first-order valence-electron chi connectivity index (χ1n) is 1.54. The molecule has 0 rings (SSSR count). The average Bonchev–Trinajstić information content (AvgIpc) is 0.722. The first kappa shape index (κ1) is 9.92. The molecule has 40 valence electrons. The van der Waals surface area contributed by atoms with Crippen molar-refractivity contribution in [3.8, 4) is 0 Å². The second-order valence-electron chi connectivity index (χ2n) is 1.94. The highest BCUT2D eigenvalue weighted by Crippen LogP contribution is 1.90. The van der Waals surface area contributed by atoms with Crippen molar-refractivity contribution in [2.24, 2.45) is 0 Å². The number of nitrogens with zero attached hydrogens (tertiary/aromatic N) is 1. The Labute approximate surface area is 55.2 Å². The summed E-state index contributed by atoms with van der Waals surface area (Å²) >= 11 is 4.06. The van der Waals surface area contributed by atoms with Crippen LogP contribution in [0.15, 0.2) is 0 Å². The number of hydrogen-bond donors (Lipinski definition) is 1. The Hall–Kier alpha value is 0.790. The van der Waals surface area contributed by atoms with Crippen LogP contribution in [0, 0.1) is 0 Å². The summed E-state index contributed by atoms with van der Waals surface area (Å²) < 4.78 is 0.694. The van der Waals surface area contributed by atoms with E-state index in [1.54, 1.807) is 0 Å². The lowest BCUT2D eigenvalue weighted by atomic mass is 11.0. The molecule has 0 saturated heterocycles. The van der Waals surface area contributed by atoms with Crippen molar-refractivity contribution in [3.05, 3.63) is 0 Å². The summed E-state index contributed by atoms with van der Waals surface area (Å²) in [5.41, 5.74) is 0. The number of rotatable bonds is 0. The van der Waals surface area contributed by atoms with Crippen molar-refractivity contribution < 1.29 is 20.9 Å². The van der Waals surface area contributed by atoms with Crippen molar-refractivity contribution in [1.29, 1.82) is 0 Å². The fourth-order valence-corrected chi connectivity index (χ4v) is 0. The molecule has 0 heterocycles. The van der Waals surface area contributed by atoms with Gasteiger partial charge in [0.05, 0.1) is 34.0 Å². The third kappa shape index (κ3) is 110. The molecule has 0 atom stereocenters. The van der Waals surface area contributed by atoms with Gasteiger partial charge in [0, 0.05) is 0 Å². The quantitative estimate of drug-likeness (QED) is 0.304. The van der Waals surface area contributed by atoms with Gasteiger partial charge in [0.15, 0.2) is 0 Å². The lowest BCUT2D eigenvalue weighted by molar-refractivity contribution is -0.722. The first-order valence-corrected chi connectivity index (χ1v) is 1.94. The van der Waals surface area contributed by atoms with E-state index in [-0.39, 0.29) is 17.0 Å². The van der Waals surface area contributed by atoms with Crippen LogP contribution in [0.5, 0.6) is 0 Å². The van der Waals surface area contributed by atoms with Gasteiger partial charge in [0.2, 0.25) is 0 Å². The Bertz CT molecular complexity index is 26.3. The highest BCUT2D eigenvalue weighted by molar-refractivity contribution is 7.74. The Kier molecular flexibility index (Phi) is 4.76. The average molecular weight is 172 g/mol. The van der Waals surface area contributed by atoms with E-state index >= 15 is 0 Å². The highest BCUT2D eigenvalue weighted by Gasteiger charge is 1.91. The largest absolute Gasteiger partial charge is 1.00 e. The molecule has 1 nitrogen and oxygen atoms in total. The van der Waals surface area contributed by atoms with Crippen LogP contribution >= 0.6 is 12.8 Å². The molecular formula is C3H10BrNS. The van der Waals surface area contributed by atoms with E-state index in [1.807, 2.05) is 21.1 Å². The minimum absolute atomic E-state index is 0. The van der Waals surface area contributed by atoms with E-state index in [0.29, 0.717) is 3.89 Å². The van der Waals surface area contributed by atoms with E-state index < -0.39 is 0 Å². The molecule has 0 unspecified atom stereocenters. The lowest BCUT2D eigenvalue weighted by Crippen LogP contribution is -3.00. The smallest absolute Gasteiger partial charge is 0.0781 e. The summed E-state index contributed by atoms with van der Waals surface area (Å²) in [7, 11) is 5.97. The summed E-state index contributed by atoms with van der Waals surface area (Å²) in [6.45, 7) is 0. The van der Waals surface area contributed by atoms with Crippen LogP contribution in [-0.2, 0) is 0 Å². The Morgan fingerprint density at radius 3 is 1.17 bits per heavy atom. The summed E-state index contributed by atoms with van der Waals surface area (Å²) in [5, 5.41) is 0. The van der Waals surface area contributed by atoms with Gasteiger partial charge in [-0.25, -0.2) is 0 Å². The van der Waals surface area contributed by atoms with Gasteiger partial charge < -0.3 is 17.0 Å². The van der Waals surface area contributed by atoms with E-state index in [2.05, 4.69) is 12.8 Å². The van der Waals surface area contributed by atoms with Crippen LogP contribution < -0.4 is 17.0 Å². The summed E-state index contributed by atoms with van der Waals surface area (Å²) in [5.74, 6) is 0. The lowest BCUT2D eigenvalue weighted by Gasteiger charge is -2.11. The predicted octanol–water partition coefficient (Wildman–Crippen LogP) is -2.46. The van der Waals surface area contributed by atoms with E-state index in [4.69, 9.17) is 0 Å². The third-order valence-electron chi connectivity index (χ3n) is 0. The maximum atomic E-state index is 4.06. The van der Waals surface area contributed by atoms with E-state index in [1.165, 1.54) is 0 Å². The highest BCUT2D eigenvalue weighted by atomic mass is 79.9. The summed E-state index contributed by atoms with van der Waals surface area (Å²) in [6.07, 6.45) is 0. The molecule has 0 aliphatic heterocycles. The maximum Gasteiger partial charge on any atom is 0.0781 e. The molecule has 6 heavy (non-hydrogen) atoms. The SMILES string of the molecule is C[N+](C)(C)S.[Br-]. The molecule has 0 spiro atoms. The summed E-state index contributed by atoms with van der Waals surface area (Å²) in [6, 6.07) is 0. The molecule has 0 amide bonds. The topological polar surface area (TPSA) is 0 Å². The normalized spacial score (nSPS) is 10.0. The molecule has 0 aromatic rings. The second kappa shape index (κ2) is 2.88.